The fraction of sp³-hybridized carbons (Fsp3) is 0.619. The minimum Gasteiger partial charge on any atom is -0.443 e. The molecule has 9 heteroatoms. The largest absolute Gasteiger partial charge is 0.443 e. The van der Waals surface area contributed by atoms with Crippen molar-refractivity contribution in [2.24, 2.45) is 11.0 Å². The van der Waals surface area contributed by atoms with E-state index in [0.717, 1.165) is 29.7 Å². The average molecular weight is 435 g/mol. The van der Waals surface area contributed by atoms with Gasteiger partial charge in [-0.25, -0.2) is 15.0 Å². The lowest BCUT2D eigenvalue weighted by atomic mass is 10.2. The molecule has 2 atom stereocenters. The van der Waals surface area contributed by atoms with Gasteiger partial charge in [-0.2, -0.15) is 5.10 Å². The maximum atomic E-state index is 13.2. The number of aromatic nitrogens is 2. The normalized spacial score (nSPS) is 18.9. The zero-order chi connectivity index (χ0) is 22.2. The Morgan fingerprint density at radius 2 is 2.03 bits per heavy atom. The van der Waals surface area contributed by atoms with Gasteiger partial charge in [-0.05, 0) is 52.0 Å². The maximum Gasteiger partial charge on any atom is 0.428 e. The molecule has 0 spiro atoms. The van der Waals surface area contributed by atoms with Crippen molar-refractivity contribution in [3.63, 3.8) is 0 Å². The summed E-state index contributed by atoms with van der Waals surface area (Å²) in [4.78, 5) is 39.5. The molecule has 0 unspecified atom stereocenters. The van der Waals surface area contributed by atoms with Gasteiger partial charge < -0.3 is 4.74 Å². The lowest BCUT2D eigenvalue weighted by Crippen LogP contribution is -2.39. The summed E-state index contributed by atoms with van der Waals surface area (Å²) in [7, 11) is 0. The van der Waals surface area contributed by atoms with Crippen LogP contribution in [0.1, 0.15) is 70.4 Å². The Kier molecular flexibility index (Phi) is 6.21. The Hall–Kier alpha value is -2.42. The second-order valence-corrected chi connectivity index (χ2v) is 9.92. The molecule has 0 aromatic carbocycles. The van der Waals surface area contributed by atoms with E-state index in [1.165, 1.54) is 22.1 Å². The van der Waals surface area contributed by atoms with Crippen molar-refractivity contribution in [1.82, 2.24) is 14.6 Å². The molecule has 1 aliphatic rings. The van der Waals surface area contributed by atoms with Gasteiger partial charge in [0.05, 0.1) is 16.5 Å². The Balaban J connectivity index is 2.02. The number of ether oxygens (including phenoxy) is 1. The molecule has 0 aliphatic heterocycles. The first-order valence-corrected chi connectivity index (χ1v) is 11.2. The third-order valence-electron chi connectivity index (χ3n) is 5.15. The molecule has 2 aromatic rings. The van der Waals surface area contributed by atoms with Gasteiger partial charge in [0.15, 0.2) is 0 Å². The molecular weight excluding hydrogens is 404 g/mol. The lowest BCUT2D eigenvalue weighted by molar-refractivity contribution is 0.0529. The Labute approximate surface area is 179 Å². The fourth-order valence-electron chi connectivity index (χ4n) is 3.42. The van der Waals surface area contributed by atoms with E-state index in [4.69, 9.17) is 4.74 Å². The smallest absolute Gasteiger partial charge is 0.428 e. The number of nitrogens with zero attached hydrogens (tertiary/aromatic N) is 3. The fourth-order valence-corrected chi connectivity index (χ4v) is 4.61. The third-order valence-corrected chi connectivity index (χ3v) is 6.40. The highest BCUT2D eigenvalue weighted by Gasteiger charge is 2.38. The second-order valence-electron chi connectivity index (χ2n) is 8.89. The number of carbonyl (C=O) groups excluding carboxylic acids is 1. The number of unbranched alkanes of at least 4 members (excludes halogenated alkanes) is 1. The molecule has 1 fully saturated rings. The molecule has 1 amide bonds. The summed E-state index contributed by atoms with van der Waals surface area (Å²) in [6.07, 6.45) is 3.51. The van der Waals surface area contributed by atoms with Crippen LogP contribution in [-0.4, -0.2) is 27.0 Å². The minimum atomic E-state index is -0.651. The summed E-state index contributed by atoms with van der Waals surface area (Å²) >= 11 is 1.34. The highest BCUT2D eigenvalue weighted by Crippen LogP contribution is 2.41. The van der Waals surface area contributed by atoms with Crippen molar-refractivity contribution in [1.29, 1.82) is 0 Å². The predicted octanol–water partition coefficient (Wildman–Crippen LogP) is 3.77. The highest BCUT2D eigenvalue weighted by molar-refractivity contribution is 7.20. The number of hydrazone groups is 1. The first kappa shape index (κ1) is 22.3. The van der Waals surface area contributed by atoms with E-state index in [0.29, 0.717) is 22.7 Å². The number of carbonyl (C=O) groups is 1. The van der Waals surface area contributed by atoms with Crippen LogP contribution in [0.5, 0.6) is 0 Å². The second kappa shape index (κ2) is 8.37. The van der Waals surface area contributed by atoms with Crippen LogP contribution in [0.25, 0.3) is 10.2 Å². The van der Waals surface area contributed by atoms with Crippen molar-refractivity contribution >= 4 is 33.9 Å². The first-order valence-electron chi connectivity index (χ1n) is 10.4. The Morgan fingerprint density at radius 1 is 1.37 bits per heavy atom. The predicted molar refractivity (Wildman–Crippen MR) is 120 cm³/mol. The molecular formula is C21H30N4O4S. The number of thiophene rings is 1. The molecule has 30 heavy (non-hydrogen) atoms. The minimum absolute atomic E-state index is 0.0208. The van der Waals surface area contributed by atoms with E-state index in [-0.39, 0.29) is 17.3 Å². The zero-order valence-corrected chi connectivity index (χ0v) is 19.3. The standard InChI is InChI=1S/C21H30N4O4S/c1-7-8-9-24-18-16(17(26)25(20(24)28)14-10-12(14)2)13(3)15(30-18)11-22-23-19(27)29-21(4,5)6/h11-12,14H,7-10H2,1-6H3,(H,23,27)/b22-11+/t12-,14-/m0/s1. The number of hydrogen-bond acceptors (Lipinski definition) is 6. The Morgan fingerprint density at radius 3 is 2.60 bits per heavy atom. The van der Waals surface area contributed by atoms with Gasteiger partial charge in [0, 0.05) is 12.6 Å². The van der Waals surface area contributed by atoms with Gasteiger partial charge in [0.2, 0.25) is 0 Å². The number of amides is 1. The van der Waals surface area contributed by atoms with Crippen LogP contribution in [0.4, 0.5) is 4.79 Å². The lowest BCUT2D eigenvalue weighted by Gasteiger charge is -2.18. The van der Waals surface area contributed by atoms with E-state index >= 15 is 0 Å². The molecule has 1 aliphatic carbocycles. The van der Waals surface area contributed by atoms with Crippen LogP contribution < -0.4 is 16.7 Å². The number of nitrogens with one attached hydrogen (secondary N) is 1. The van der Waals surface area contributed by atoms with E-state index in [1.54, 1.807) is 25.3 Å². The molecule has 0 bridgehead atoms. The Bertz CT molecular complexity index is 1100. The van der Waals surface area contributed by atoms with Gasteiger partial charge in [-0.3, -0.25) is 13.9 Å². The third kappa shape index (κ3) is 4.50. The molecule has 0 saturated heterocycles. The molecule has 1 saturated carbocycles. The summed E-state index contributed by atoms with van der Waals surface area (Å²) in [6, 6.07) is -0.0208. The van der Waals surface area contributed by atoms with Crippen molar-refractivity contribution in [3.8, 4) is 0 Å². The summed E-state index contributed by atoms with van der Waals surface area (Å²) in [5.74, 6) is 0.338. The molecule has 2 heterocycles. The summed E-state index contributed by atoms with van der Waals surface area (Å²) in [5, 5.41) is 4.54. The SMILES string of the molecule is CCCCn1c(=O)n([C@H]2C[C@@H]2C)c(=O)c2c(C)c(/C=N/NC(=O)OC(C)(C)C)sc21. The first-order chi connectivity index (χ1) is 14.0. The zero-order valence-electron chi connectivity index (χ0n) is 18.4. The molecule has 2 aromatic heterocycles. The number of aryl methyl sites for hydroxylation is 2. The topological polar surface area (TPSA) is 94.7 Å². The number of rotatable bonds is 6. The number of fused-ring (bicyclic) bond motifs is 1. The molecule has 0 radical (unpaired) electrons. The van der Waals surface area contributed by atoms with Gasteiger partial charge in [0.25, 0.3) is 5.56 Å². The highest BCUT2D eigenvalue weighted by atomic mass is 32.1. The van der Waals surface area contributed by atoms with Gasteiger partial charge in [0.1, 0.15) is 10.4 Å². The van der Waals surface area contributed by atoms with Crippen molar-refractivity contribution in [2.75, 3.05) is 0 Å². The van der Waals surface area contributed by atoms with Crippen LogP contribution in [0.2, 0.25) is 0 Å². The van der Waals surface area contributed by atoms with Gasteiger partial charge in [-0.1, -0.05) is 20.3 Å². The van der Waals surface area contributed by atoms with Crippen LogP contribution in [-0.2, 0) is 11.3 Å². The summed E-state index contributed by atoms with van der Waals surface area (Å²) in [5.41, 5.74) is 2.03. The van der Waals surface area contributed by atoms with Gasteiger partial charge in [-0.15, -0.1) is 11.3 Å². The molecule has 3 rings (SSSR count). The van der Waals surface area contributed by atoms with Crippen molar-refractivity contribution < 1.29 is 9.53 Å². The van der Waals surface area contributed by atoms with E-state index in [9.17, 15) is 14.4 Å². The van der Waals surface area contributed by atoms with Crippen LogP contribution in [0.15, 0.2) is 14.7 Å². The van der Waals surface area contributed by atoms with E-state index < -0.39 is 11.7 Å². The van der Waals surface area contributed by atoms with E-state index in [2.05, 4.69) is 24.4 Å². The number of hydrogen-bond donors (Lipinski definition) is 1. The molecule has 1 N–H and O–H groups in total. The summed E-state index contributed by atoms with van der Waals surface area (Å²) in [6.45, 7) is 11.9. The average Bonchev–Trinajstić information content (AvgIpc) is 3.24. The molecule has 164 valence electrons. The quantitative estimate of drug-likeness (QED) is 0.553. The van der Waals surface area contributed by atoms with Crippen LogP contribution >= 0.6 is 11.3 Å². The van der Waals surface area contributed by atoms with Crippen LogP contribution in [0, 0.1) is 12.8 Å². The summed E-state index contributed by atoms with van der Waals surface area (Å²) < 4.78 is 8.32. The monoisotopic (exact) mass is 434 g/mol. The van der Waals surface area contributed by atoms with Crippen molar-refractivity contribution in [3.05, 3.63) is 31.3 Å². The maximum absolute atomic E-state index is 13.2. The van der Waals surface area contributed by atoms with Crippen molar-refractivity contribution in [2.45, 2.75) is 79.0 Å². The van der Waals surface area contributed by atoms with Crippen LogP contribution in [0.3, 0.4) is 0 Å². The van der Waals surface area contributed by atoms with E-state index in [1.807, 2.05) is 6.92 Å². The molecule has 8 nitrogen and oxygen atoms in total. The van der Waals surface area contributed by atoms with Gasteiger partial charge >= 0.3 is 11.8 Å².